The second-order valence-corrected chi connectivity index (χ2v) is 11.5. The van der Waals surface area contributed by atoms with Crippen LogP contribution >= 0.6 is 0 Å². The number of aliphatic hydroxyl groups excluding tert-OH is 1. The molecule has 0 radical (unpaired) electrons. The average Bonchev–Trinajstić information content (AvgIpc) is 3.50. The molecule has 0 bridgehead atoms. The smallest absolute Gasteiger partial charge is 0.266 e. The first-order valence-corrected chi connectivity index (χ1v) is 15.7. The number of ether oxygens (including phenoxy) is 3. The van der Waals surface area contributed by atoms with Crippen LogP contribution in [0.4, 0.5) is 5.69 Å². The van der Waals surface area contributed by atoms with Crippen LogP contribution < -0.4 is 25.2 Å². The van der Waals surface area contributed by atoms with Gasteiger partial charge in [0.15, 0.2) is 11.6 Å². The Hall–Kier alpha value is -5.12. The number of carbonyl (C=O) groups excluding carboxylic acids is 1. The van der Waals surface area contributed by atoms with E-state index in [0.717, 1.165) is 22.4 Å². The SMILES string of the molecule is COc1cccc([C@@H]2OC(c3ccc(OCCCO)cc3)=N[C@]2(C/C=C/c2ccccc2)C(=O)NNCc2ccc(N(C)C)cc2)c1. The molecule has 9 nitrogen and oxygen atoms in total. The van der Waals surface area contributed by atoms with Crippen LogP contribution in [0, 0.1) is 0 Å². The van der Waals surface area contributed by atoms with E-state index in [1.54, 1.807) is 7.11 Å². The van der Waals surface area contributed by atoms with Crippen molar-refractivity contribution < 1.29 is 24.1 Å². The summed E-state index contributed by atoms with van der Waals surface area (Å²) in [6.07, 6.45) is 4.01. The van der Waals surface area contributed by atoms with Crippen LogP contribution in [0.5, 0.6) is 11.5 Å². The summed E-state index contributed by atoms with van der Waals surface area (Å²) < 4.78 is 17.9. The van der Waals surface area contributed by atoms with Gasteiger partial charge >= 0.3 is 0 Å². The number of methoxy groups -OCH3 is 1. The normalized spacial score (nSPS) is 17.2. The Morgan fingerprint density at radius 3 is 2.45 bits per heavy atom. The maximum absolute atomic E-state index is 14.4. The van der Waals surface area contributed by atoms with E-state index in [1.807, 2.05) is 134 Å². The van der Waals surface area contributed by atoms with Gasteiger partial charge in [0.05, 0.1) is 13.7 Å². The van der Waals surface area contributed by atoms with E-state index in [9.17, 15) is 4.79 Å². The number of anilines is 1. The number of amides is 1. The lowest BCUT2D eigenvalue weighted by molar-refractivity contribution is -0.129. The molecule has 5 rings (SSSR count). The fraction of sp³-hybridized carbons (Fsp3) is 0.263. The van der Waals surface area contributed by atoms with Crippen LogP contribution in [0.25, 0.3) is 6.08 Å². The average molecular weight is 635 g/mol. The molecular formula is C38H42N4O5. The summed E-state index contributed by atoms with van der Waals surface area (Å²) in [4.78, 5) is 21.5. The molecular weight excluding hydrogens is 592 g/mol. The fourth-order valence-corrected chi connectivity index (χ4v) is 5.31. The number of benzene rings is 4. The first kappa shape index (κ1) is 33.2. The molecule has 3 N–H and O–H groups in total. The minimum Gasteiger partial charge on any atom is -0.497 e. The highest BCUT2D eigenvalue weighted by Crippen LogP contribution is 2.43. The molecule has 0 fully saturated rings. The van der Waals surface area contributed by atoms with E-state index < -0.39 is 11.6 Å². The lowest BCUT2D eigenvalue weighted by atomic mass is 9.84. The number of hydrogen-bond acceptors (Lipinski definition) is 8. The third kappa shape index (κ3) is 8.38. The molecule has 2 atom stereocenters. The van der Waals surface area contributed by atoms with Crippen molar-refractivity contribution >= 4 is 23.6 Å². The second kappa shape index (κ2) is 15.9. The highest BCUT2D eigenvalue weighted by molar-refractivity contribution is 6.01. The molecule has 0 unspecified atom stereocenters. The zero-order valence-corrected chi connectivity index (χ0v) is 27.1. The Labute approximate surface area is 276 Å². The van der Waals surface area contributed by atoms with Gasteiger partial charge in [-0.05, 0) is 65.2 Å². The van der Waals surface area contributed by atoms with Gasteiger partial charge in [-0.2, -0.15) is 0 Å². The number of rotatable bonds is 15. The molecule has 1 aliphatic heterocycles. The zero-order valence-electron chi connectivity index (χ0n) is 27.1. The number of hydrazine groups is 1. The van der Waals surface area contributed by atoms with Crippen LogP contribution in [0.3, 0.4) is 0 Å². The highest BCUT2D eigenvalue weighted by atomic mass is 16.5. The number of hydrogen-bond donors (Lipinski definition) is 3. The number of aliphatic imine (C=N–C) groups is 1. The number of aliphatic hydroxyl groups is 1. The van der Waals surface area contributed by atoms with E-state index >= 15 is 0 Å². The second-order valence-electron chi connectivity index (χ2n) is 11.5. The van der Waals surface area contributed by atoms with Gasteiger partial charge in [-0.25, -0.2) is 10.4 Å². The summed E-state index contributed by atoms with van der Waals surface area (Å²) in [6.45, 7) is 0.901. The van der Waals surface area contributed by atoms with E-state index in [2.05, 4.69) is 10.9 Å². The molecule has 0 saturated heterocycles. The van der Waals surface area contributed by atoms with Crippen molar-refractivity contribution in [1.82, 2.24) is 10.9 Å². The van der Waals surface area contributed by atoms with Crippen LogP contribution in [0.1, 0.15) is 41.2 Å². The molecule has 0 aliphatic carbocycles. The molecule has 244 valence electrons. The Morgan fingerprint density at radius 2 is 1.74 bits per heavy atom. The molecule has 1 heterocycles. The molecule has 1 amide bonds. The van der Waals surface area contributed by atoms with Crippen LogP contribution in [0.2, 0.25) is 0 Å². The molecule has 0 saturated carbocycles. The van der Waals surface area contributed by atoms with E-state index in [0.29, 0.717) is 42.5 Å². The minimum absolute atomic E-state index is 0.0643. The highest BCUT2D eigenvalue weighted by Gasteiger charge is 2.52. The van der Waals surface area contributed by atoms with E-state index in [1.165, 1.54) is 0 Å². The molecule has 0 aromatic heterocycles. The fourth-order valence-electron chi connectivity index (χ4n) is 5.31. The van der Waals surface area contributed by atoms with Crippen molar-refractivity contribution in [2.45, 2.75) is 31.0 Å². The summed E-state index contributed by atoms with van der Waals surface area (Å²) >= 11 is 0. The van der Waals surface area contributed by atoms with Gasteiger partial charge in [0.2, 0.25) is 5.90 Å². The zero-order chi connectivity index (χ0) is 33.1. The van der Waals surface area contributed by atoms with Crippen molar-refractivity contribution in [2.24, 2.45) is 4.99 Å². The van der Waals surface area contributed by atoms with Crippen LogP contribution in [0.15, 0.2) is 114 Å². The van der Waals surface area contributed by atoms with Gasteiger partial charge in [-0.1, -0.05) is 66.7 Å². The third-order valence-electron chi connectivity index (χ3n) is 7.91. The van der Waals surface area contributed by atoms with Gasteiger partial charge in [0, 0.05) is 51.3 Å². The summed E-state index contributed by atoms with van der Waals surface area (Å²) in [5.41, 5.74) is 9.31. The first-order valence-electron chi connectivity index (χ1n) is 15.7. The molecule has 4 aromatic carbocycles. The van der Waals surface area contributed by atoms with Crippen molar-refractivity contribution in [1.29, 1.82) is 0 Å². The number of nitrogens with zero attached hydrogens (tertiary/aromatic N) is 2. The van der Waals surface area contributed by atoms with E-state index in [4.69, 9.17) is 24.3 Å². The van der Waals surface area contributed by atoms with E-state index in [-0.39, 0.29) is 18.9 Å². The number of carbonyl (C=O) groups is 1. The van der Waals surface area contributed by atoms with Crippen LogP contribution in [-0.4, -0.2) is 56.9 Å². The standard InChI is InChI=1S/C38H42N4O5/c1-42(2)32-19-15-29(16-20-32)27-39-41-37(44)38(23-8-12-28-10-5-4-6-11-28)35(31-13-7-14-34(26-31)45-3)47-36(40-38)30-17-21-33(22-18-30)46-25-9-24-43/h4-8,10-22,26,35,39,43H,9,23-25,27H2,1-3H3,(H,41,44)/b12-8+/t35-,38-/m0/s1. The van der Waals surface area contributed by atoms with Gasteiger partial charge in [-0.3, -0.25) is 10.2 Å². The third-order valence-corrected chi connectivity index (χ3v) is 7.91. The molecule has 47 heavy (non-hydrogen) atoms. The maximum Gasteiger partial charge on any atom is 0.266 e. The topological polar surface area (TPSA) is 105 Å². The van der Waals surface area contributed by atoms with Gasteiger partial charge in [0.25, 0.3) is 5.91 Å². The molecule has 0 spiro atoms. The summed E-state index contributed by atoms with van der Waals surface area (Å²) in [5, 5.41) is 9.08. The largest absolute Gasteiger partial charge is 0.497 e. The van der Waals surface area contributed by atoms with Crippen molar-refractivity contribution in [2.75, 3.05) is 39.3 Å². The summed E-state index contributed by atoms with van der Waals surface area (Å²) in [7, 11) is 5.60. The lowest BCUT2D eigenvalue weighted by Crippen LogP contribution is -2.52. The lowest BCUT2D eigenvalue weighted by Gasteiger charge is -2.30. The monoisotopic (exact) mass is 634 g/mol. The first-order chi connectivity index (χ1) is 22.9. The Morgan fingerprint density at radius 1 is 0.979 bits per heavy atom. The summed E-state index contributed by atoms with van der Waals surface area (Å²) in [5.74, 6) is 1.34. The molecule has 9 heteroatoms. The van der Waals surface area contributed by atoms with Gasteiger partial charge in [-0.15, -0.1) is 0 Å². The predicted octanol–water partition coefficient (Wildman–Crippen LogP) is 5.70. The van der Waals surface area contributed by atoms with Gasteiger partial charge in [0.1, 0.15) is 11.5 Å². The van der Waals surface area contributed by atoms with Crippen molar-refractivity contribution in [3.63, 3.8) is 0 Å². The quantitative estimate of drug-likeness (QED) is 0.114. The van der Waals surface area contributed by atoms with Crippen molar-refractivity contribution in [3.05, 3.63) is 131 Å². The Bertz CT molecular complexity index is 1660. The molecule has 4 aromatic rings. The Kier molecular flexibility index (Phi) is 11.3. The summed E-state index contributed by atoms with van der Waals surface area (Å²) in [6, 6.07) is 33.0. The van der Waals surface area contributed by atoms with Crippen molar-refractivity contribution in [3.8, 4) is 11.5 Å². The van der Waals surface area contributed by atoms with Crippen LogP contribution in [-0.2, 0) is 16.1 Å². The molecule has 1 aliphatic rings. The Balaban J connectivity index is 1.48. The van der Waals surface area contributed by atoms with Gasteiger partial charge < -0.3 is 24.2 Å². The predicted molar refractivity (Wildman–Crippen MR) is 186 cm³/mol. The number of nitrogens with one attached hydrogen (secondary N) is 2. The maximum atomic E-state index is 14.4. The minimum atomic E-state index is -1.36.